The number of carbonyl (C=O) groups is 1. The molecule has 0 radical (unpaired) electrons. The van der Waals surface area contributed by atoms with Gasteiger partial charge in [-0.3, -0.25) is 9.10 Å². The first-order valence-corrected chi connectivity index (χ1v) is 12.7. The van der Waals surface area contributed by atoms with Crippen LogP contribution in [0, 0.1) is 0 Å². The Labute approximate surface area is 187 Å². The predicted octanol–water partition coefficient (Wildman–Crippen LogP) is 4.14. The molecule has 2 aromatic carbocycles. The maximum atomic E-state index is 12.2. The molecule has 0 spiro atoms. The second-order valence-electron chi connectivity index (χ2n) is 6.98. The second-order valence-corrected chi connectivity index (χ2v) is 9.74. The minimum absolute atomic E-state index is 0.127. The van der Waals surface area contributed by atoms with Crippen molar-refractivity contribution in [2.75, 3.05) is 30.3 Å². The number of ether oxygens (including phenoxy) is 1. The molecule has 164 valence electrons. The smallest absolute Gasteiger partial charge is 0.232 e. The van der Waals surface area contributed by atoms with Gasteiger partial charge in [0.15, 0.2) is 0 Å². The Morgan fingerprint density at radius 2 is 1.83 bits per heavy atom. The van der Waals surface area contributed by atoms with Gasteiger partial charge in [-0.1, -0.05) is 37.6 Å². The van der Waals surface area contributed by atoms with Crippen molar-refractivity contribution in [2.24, 2.45) is 0 Å². The molecule has 0 heterocycles. The van der Waals surface area contributed by atoms with Crippen LogP contribution in [0.3, 0.4) is 0 Å². The number of carbonyl (C=O) groups excluding carboxylic acids is 1. The third kappa shape index (κ3) is 7.99. The Bertz CT molecular complexity index is 917. The van der Waals surface area contributed by atoms with Crippen LogP contribution in [-0.4, -0.2) is 40.3 Å². The first kappa shape index (κ1) is 24.2. The maximum absolute atomic E-state index is 12.2. The average Bonchev–Trinajstić information content (AvgIpc) is 2.70. The number of amides is 1. The Morgan fingerprint density at radius 1 is 1.13 bits per heavy atom. The number of sulfonamides is 1. The number of nitrogens with one attached hydrogen (secondary N) is 1. The van der Waals surface area contributed by atoms with Crippen LogP contribution in [0.2, 0.25) is 0 Å². The highest BCUT2D eigenvalue weighted by Crippen LogP contribution is 2.27. The van der Waals surface area contributed by atoms with Crippen LogP contribution < -0.4 is 14.4 Å². The van der Waals surface area contributed by atoms with Crippen LogP contribution in [-0.2, 0) is 21.2 Å². The Kier molecular flexibility index (Phi) is 9.65. The number of nitrogens with zero attached hydrogens (tertiary/aromatic N) is 1. The molecule has 0 fully saturated rings. The standard InChI is InChI=1S/C22H29BrN2O4S/c1-3-7-18-11-13-19(14-12-18)29-17-15-24-22(26)10-6-16-25(30(2,27)28)21-9-5-4-8-20(21)23/h4-5,8-9,11-14H,3,6-7,10,15-17H2,1-2H3,(H,24,26). The summed E-state index contributed by atoms with van der Waals surface area (Å²) in [6.45, 7) is 3.16. The van der Waals surface area contributed by atoms with E-state index in [1.54, 1.807) is 18.2 Å². The third-order valence-corrected chi connectivity index (χ3v) is 6.29. The first-order valence-electron chi connectivity index (χ1n) is 10.0. The van der Waals surface area contributed by atoms with Gasteiger partial charge in [0.1, 0.15) is 12.4 Å². The highest BCUT2D eigenvalue weighted by atomic mass is 79.9. The van der Waals surface area contributed by atoms with Crippen LogP contribution in [0.25, 0.3) is 0 Å². The molecular weight excluding hydrogens is 468 g/mol. The minimum atomic E-state index is -3.45. The molecule has 30 heavy (non-hydrogen) atoms. The number of hydrogen-bond donors (Lipinski definition) is 1. The Hall–Kier alpha value is -2.06. The second kappa shape index (κ2) is 12.0. The van der Waals surface area contributed by atoms with Gasteiger partial charge in [0.25, 0.3) is 0 Å². The van der Waals surface area contributed by atoms with Gasteiger partial charge in [0, 0.05) is 17.4 Å². The topological polar surface area (TPSA) is 75.7 Å². The molecular formula is C22H29BrN2O4S. The molecule has 0 saturated carbocycles. The van der Waals surface area contributed by atoms with Crippen LogP contribution in [0.5, 0.6) is 5.75 Å². The molecule has 0 aliphatic heterocycles. The van der Waals surface area contributed by atoms with Gasteiger partial charge in [-0.05, 0) is 58.6 Å². The van der Waals surface area contributed by atoms with E-state index in [9.17, 15) is 13.2 Å². The van der Waals surface area contributed by atoms with Crippen molar-refractivity contribution in [2.45, 2.75) is 32.6 Å². The number of anilines is 1. The van der Waals surface area contributed by atoms with Crippen molar-refractivity contribution >= 4 is 37.5 Å². The molecule has 0 aromatic heterocycles. The highest BCUT2D eigenvalue weighted by Gasteiger charge is 2.19. The number of rotatable bonds is 12. The summed E-state index contributed by atoms with van der Waals surface area (Å²) in [7, 11) is -3.45. The molecule has 0 atom stereocenters. The summed E-state index contributed by atoms with van der Waals surface area (Å²) >= 11 is 3.38. The summed E-state index contributed by atoms with van der Waals surface area (Å²) in [5, 5.41) is 2.81. The van der Waals surface area contributed by atoms with E-state index in [0.29, 0.717) is 29.7 Å². The molecule has 2 rings (SSSR count). The SMILES string of the molecule is CCCc1ccc(OCCNC(=O)CCCN(c2ccccc2Br)S(C)(=O)=O)cc1. The molecule has 0 bridgehead atoms. The van der Waals surface area contributed by atoms with Crippen molar-refractivity contribution in [1.82, 2.24) is 5.32 Å². The summed E-state index contributed by atoms with van der Waals surface area (Å²) in [4.78, 5) is 12.1. The van der Waals surface area contributed by atoms with Crippen molar-refractivity contribution in [1.29, 1.82) is 0 Å². The normalized spacial score (nSPS) is 11.2. The number of aryl methyl sites for hydroxylation is 1. The van der Waals surface area contributed by atoms with Gasteiger partial charge >= 0.3 is 0 Å². The molecule has 0 aliphatic carbocycles. The van der Waals surface area contributed by atoms with Crippen LogP contribution >= 0.6 is 15.9 Å². The molecule has 6 nitrogen and oxygen atoms in total. The van der Waals surface area contributed by atoms with Gasteiger partial charge in [0.2, 0.25) is 15.9 Å². The zero-order valence-electron chi connectivity index (χ0n) is 17.4. The van der Waals surface area contributed by atoms with E-state index in [0.717, 1.165) is 18.6 Å². The lowest BCUT2D eigenvalue weighted by molar-refractivity contribution is -0.121. The summed E-state index contributed by atoms with van der Waals surface area (Å²) in [5.41, 5.74) is 1.85. The molecule has 0 saturated heterocycles. The van der Waals surface area contributed by atoms with Crippen molar-refractivity contribution < 1.29 is 17.9 Å². The fourth-order valence-corrected chi connectivity index (χ4v) is 4.58. The first-order chi connectivity index (χ1) is 14.3. The van der Waals surface area contributed by atoms with E-state index >= 15 is 0 Å². The van der Waals surface area contributed by atoms with Gasteiger partial charge in [-0.2, -0.15) is 0 Å². The fourth-order valence-electron chi connectivity index (χ4n) is 2.99. The lowest BCUT2D eigenvalue weighted by Crippen LogP contribution is -2.33. The zero-order valence-corrected chi connectivity index (χ0v) is 19.8. The highest BCUT2D eigenvalue weighted by molar-refractivity contribution is 9.10. The summed E-state index contributed by atoms with van der Waals surface area (Å²) in [6.07, 6.45) is 3.98. The summed E-state index contributed by atoms with van der Waals surface area (Å²) in [6, 6.07) is 15.1. The number of benzene rings is 2. The maximum Gasteiger partial charge on any atom is 0.232 e. The largest absolute Gasteiger partial charge is 0.492 e. The minimum Gasteiger partial charge on any atom is -0.492 e. The van der Waals surface area contributed by atoms with Gasteiger partial charge < -0.3 is 10.1 Å². The number of para-hydroxylation sites is 1. The van der Waals surface area contributed by atoms with Gasteiger partial charge in [0.05, 0.1) is 18.5 Å². The molecule has 2 aromatic rings. The molecule has 0 aliphatic rings. The van der Waals surface area contributed by atoms with E-state index in [1.807, 2.05) is 18.2 Å². The van der Waals surface area contributed by atoms with Gasteiger partial charge in [-0.15, -0.1) is 0 Å². The predicted molar refractivity (Wildman–Crippen MR) is 125 cm³/mol. The quantitative estimate of drug-likeness (QED) is 0.448. The molecule has 8 heteroatoms. The monoisotopic (exact) mass is 496 g/mol. The molecule has 1 N–H and O–H groups in total. The van der Waals surface area contributed by atoms with E-state index in [4.69, 9.17) is 4.74 Å². The van der Waals surface area contributed by atoms with E-state index in [1.165, 1.54) is 16.1 Å². The Morgan fingerprint density at radius 3 is 2.47 bits per heavy atom. The third-order valence-electron chi connectivity index (χ3n) is 4.44. The van der Waals surface area contributed by atoms with Crippen LogP contribution in [0.15, 0.2) is 53.0 Å². The fraction of sp³-hybridized carbons (Fsp3) is 0.409. The lowest BCUT2D eigenvalue weighted by Gasteiger charge is -2.23. The van der Waals surface area contributed by atoms with Gasteiger partial charge in [-0.25, -0.2) is 8.42 Å². The zero-order chi connectivity index (χ0) is 22.0. The van der Waals surface area contributed by atoms with Crippen molar-refractivity contribution in [3.63, 3.8) is 0 Å². The van der Waals surface area contributed by atoms with E-state index < -0.39 is 10.0 Å². The van der Waals surface area contributed by atoms with Crippen molar-refractivity contribution in [3.8, 4) is 5.75 Å². The summed E-state index contributed by atoms with van der Waals surface area (Å²) < 4.78 is 32.0. The lowest BCUT2D eigenvalue weighted by atomic mass is 10.1. The van der Waals surface area contributed by atoms with Crippen LogP contribution in [0.1, 0.15) is 31.7 Å². The molecule has 1 amide bonds. The van der Waals surface area contributed by atoms with Crippen molar-refractivity contribution in [3.05, 3.63) is 58.6 Å². The summed E-state index contributed by atoms with van der Waals surface area (Å²) in [5.74, 6) is 0.652. The Balaban J connectivity index is 1.72. The van der Waals surface area contributed by atoms with E-state index in [2.05, 4.69) is 40.3 Å². The number of hydrogen-bond acceptors (Lipinski definition) is 4. The van der Waals surface area contributed by atoms with E-state index in [-0.39, 0.29) is 18.9 Å². The van der Waals surface area contributed by atoms with Crippen LogP contribution in [0.4, 0.5) is 5.69 Å². The number of halogens is 1. The molecule has 0 unspecified atom stereocenters. The average molecular weight is 497 g/mol.